The maximum absolute atomic E-state index is 12.7. The minimum atomic E-state index is -0.441. The quantitative estimate of drug-likeness (QED) is 0.905. The van der Waals surface area contributed by atoms with Gasteiger partial charge in [0, 0.05) is 26.1 Å². The highest BCUT2D eigenvalue weighted by Gasteiger charge is 2.34. The van der Waals surface area contributed by atoms with E-state index in [9.17, 15) is 9.90 Å². The topological polar surface area (TPSA) is 49.8 Å². The number of ether oxygens (including phenoxy) is 1. The number of benzene rings is 1. The van der Waals surface area contributed by atoms with Crippen molar-refractivity contribution in [1.82, 2.24) is 4.90 Å². The van der Waals surface area contributed by atoms with Crippen molar-refractivity contribution >= 4 is 5.91 Å². The zero-order valence-electron chi connectivity index (χ0n) is 12.9. The van der Waals surface area contributed by atoms with Crippen LogP contribution in [0.1, 0.15) is 31.7 Å². The van der Waals surface area contributed by atoms with Crippen LogP contribution in [-0.2, 0) is 16.1 Å². The van der Waals surface area contributed by atoms with Crippen molar-refractivity contribution in [2.75, 3.05) is 13.7 Å². The minimum absolute atomic E-state index is 0.0398. The zero-order valence-corrected chi connectivity index (χ0v) is 12.9. The van der Waals surface area contributed by atoms with Gasteiger partial charge in [-0.1, -0.05) is 30.3 Å². The smallest absolute Gasteiger partial charge is 0.226 e. The van der Waals surface area contributed by atoms with Gasteiger partial charge in [0.25, 0.3) is 0 Å². The van der Waals surface area contributed by atoms with Crippen molar-refractivity contribution in [3.05, 3.63) is 35.9 Å². The van der Waals surface area contributed by atoms with Crippen LogP contribution in [0, 0.1) is 5.92 Å². The second kappa shape index (κ2) is 7.57. The van der Waals surface area contributed by atoms with Gasteiger partial charge in [0.05, 0.1) is 12.2 Å². The molecule has 2 rings (SSSR count). The van der Waals surface area contributed by atoms with Gasteiger partial charge in [-0.3, -0.25) is 4.79 Å². The zero-order chi connectivity index (χ0) is 15.2. The summed E-state index contributed by atoms with van der Waals surface area (Å²) in [5.41, 5.74) is 1.15. The fourth-order valence-electron chi connectivity index (χ4n) is 3.00. The van der Waals surface area contributed by atoms with Crippen molar-refractivity contribution in [3.8, 4) is 0 Å². The summed E-state index contributed by atoms with van der Waals surface area (Å²) >= 11 is 0. The number of aliphatic hydroxyl groups is 1. The summed E-state index contributed by atoms with van der Waals surface area (Å²) in [7, 11) is 1.60. The number of nitrogens with zero attached hydrogens (tertiary/aromatic N) is 1. The van der Waals surface area contributed by atoms with E-state index in [4.69, 9.17) is 4.74 Å². The lowest BCUT2D eigenvalue weighted by Crippen LogP contribution is -2.43. The Labute approximate surface area is 126 Å². The van der Waals surface area contributed by atoms with Crippen LogP contribution in [0.2, 0.25) is 0 Å². The number of hydrogen-bond acceptors (Lipinski definition) is 3. The van der Waals surface area contributed by atoms with Gasteiger partial charge in [-0.2, -0.15) is 0 Å². The molecule has 4 nitrogen and oxygen atoms in total. The molecule has 1 amide bonds. The first-order chi connectivity index (χ1) is 10.2. The molecule has 1 aliphatic rings. The Hall–Kier alpha value is -1.39. The van der Waals surface area contributed by atoms with E-state index in [1.54, 1.807) is 7.11 Å². The summed E-state index contributed by atoms with van der Waals surface area (Å²) in [4.78, 5) is 14.6. The summed E-state index contributed by atoms with van der Waals surface area (Å²) in [6, 6.07) is 10.0. The number of carbonyl (C=O) groups is 1. The highest BCUT2D eigenvalue weighted by atomic mass is 16.5. The van der Waals surface area contributed by atoms with Crippen molar-refractivity contribution in [2.24, 2.45) is 5.92 Å². The van der Waals surface area contributed by atoms with Crippen molar-refractivity contribution in [1.29, 1.82) is 0 Å². The molecule has 0 radical (unpaired) electrons. The van der Waals surface area contributed by atoms with Crippen LogP contribution >= 0.6 is 0 Å². The Morgan fingerprint density at radius 3 is 2.67 bits per heavy atom. The van der Waals surface area contributed by atoms with E-state index in [-0.39, 0.29) is 17.9 Å². The molecule has 116 valence electrons. The molecule has 0 bridgehead atoms. The fraction of sp³-hybridized carbons (Fsp3) is 0.588. The predicted octanol–water partition coefficient (Wildman–Crippen LogP) is 2.21. The van der Waals surface area contributed by atoms with Crippen LogP contribution in [-0.4, -0.2) is 41.8 Å². The van der Waals surface area contributed by atoms with E-state index in [0.29, 0.717) is 25.9 Å². The number of methoxy groups -OCH3 is 1. The van der Waals surface area contributed by atoms with Gasteiger partial charge in [-0.05, 0) is 31.7 Å². The molecule has 0 aromatic heterocycles. The Bertz CT molecular complexity index is 449. The lowest BCUT2D eigenvalue weighted by atomic mass is 9.84. The van der Waals surface area contributed by atoms with Crippen LogP contribution in [0.15, 0.2) is 30.3 Å². The lowest BCUT2D eigenvalue weighted by Gasteiger charge is -2.34. The minimum Gasteiger partial charge on any atom is -0.390 e. The number of hydrogen-bond donors (Lipinski definition) is 1. The molecule has 0 aliphatic heterocycles. The van der Waals surface area contributed by atoms with Crippen molar-refractivity contribution in [3.63, 3.8) is 0 Å². The van der Waals surface area contributed by atoms with Crippen LogP contribution < -0.4 is 0 Å². The van der Waals surface area contributed by atoms with E-state index < -0.39 is 6.10 Å². The Kier molecular flexibility index (Phi) is 5.76. The van der Waals surface area contributed by atoms with Crippen molar-refractivity contribution < 1.29 is 14.6 Å². The molecule has 1 N–H and O–H groups in total. The normalized spacial score (nSPS) is 25.6. The third kappa shape index (κ3) is 4.05. The van der Waals surface area contributed by atoms with E-state index >= 15 is 0 Å². The van der Waals surface area contributed by atoms with Crippen LogP contribution in [0.25, 0.3) is 0 Å². The van der Waals surface area contributed by atoms with Crippen LogP contribution in [0.5, 0.6) is 0 Å². The number of amides is 1. The first-order valence-electron chi connectivity index (χ1n) is 7.69. The molecule has 21 heavy (non-hydrogen) atoms. The second-order valence-electron chi connectivity index (χ2n) is 5.69. The standard InChI is InChI=1S/C17H25NO3/c1-3-18(12-13-7-5-4-6-8-13)17(20)14-9-10-15(19)16(11-14)21-2/h4-8,14-16,19H,3,9-12H2,1-2H3/t14-,15+,16-/m1/s1. The molecule has 1 aromatic rings. The number of carbonyl (C=O) groups excluding carboxylic acids is 1. The molecule has 1 aromatic carbocycles. The summed E-state index contributed by atoms with van der Waals surface area (Å²) in [6.07, 6.45) is 1.33. The molecule has 3 atom stereocenters. The number of rotatable bonds is 5. The summed E-state index contributed by atoms with van der Waals surface area (Å²) in [5, 5.41) is 9.85. The van der Waals surface area contributed by atoms with E-state index in [1.807, 2.05) is 42.2 Å². The average molecular weight is 291 g/mol. The molecule has 0 heterocycles. The van der Waals surface area contributed by atoms with E-state index in [1.165, 1.54) is 0 Å². The molecule has 1 saturated carbocycles. The second-order valence-corrected chi connectivity index (χ2v) is 5.69. The lowest BCUT2D eigenvalue weighted by molar-refractivity contribution is -0.141. The van der Waals surface area contributed by atoms with Crippen molar-refractivity contribution in [2.45, 2.75) is 44.9 Å². The summed E-state index contributed by atoms with van der Waals surface area (Å²) in [6.45, 7) is 3.35. The molecule has 1 aliphatic carbocycles. The maximum atomic E-state index is 12.7. The fourth-order valence-corrected chi connectivity index (χ4v) is 3.00. The third-order valence-corrected chi connectivity index (χ3v) is 4.32. The summed E-state index contributed by atoms with van der Waals surface area (Å²) < 4.78 is 5.29. The largest absolute Gasteiger partial charge is 0.390 e. The average Bonchev–Trinajstić information content (AvgIpc) is 2.53. The van der Waals surface area contributed by atoms with Gasteiger partial charge in [-0.15, -0.1) is 0 Å². The molecular weight excluding hydrogens is 266 g/mol. The maximum Gasteiger partial charge on any atom is 0.226 e. The molecule has 0 spiro atoms. The first-order valence-corrected chi connectivity index (χ1v) is 7.69. The molecule has 0 unspecified atom stereocenters. The van der Waals surface area contributed by atoms with Gasteiger partial charge in [-0.25, -0.2) is 0 Å². The van der Waals surface area contributed by atoms with Gasteiger partial charge in [0.2, 0.25) is 5.91 Å². The monoisotopic (exact) mass is 291 g/mol. The summed E-state index contributed by atoms with van der Waals surface area (Å²) in [5.74, 6) is 0.136. The highest BCUT2D eigenvalue weighted by molar-refractivity contribution is 5.79. The van der Waals surface area contributed by atoms with Gasteiger partial charge >= 0.3 is 0 Å². The predicted molar refractivity (Wildman–Crippen MR) is 81.7 cm³/mol. The first kappa shape index (κ1) is 16.0. The Balaban J connectivity index is 1.99. The molecule has 4 heteroatoms. The Morgan fingerprint density at radius 2 is 2.05 bits per heavy atom. The van der Waals surface area contributed by atoms with E-state index in [0.717, 1.165) is 12.0 Å². The van der Waals surface area contributed by atoms with E-state index in [2.05, 4.69) is 0 Å². The van der Waals surface area contributed by atoms with Crippen LogP contribution in [0.4, 0.5) is 0 Å². The SMILES string of the molecule is CCN(Cc1ccccc1)C(=O)[C@@H]1CC[C@H](O)[C@H](OC)C1. The highest BCUT2D eigenvalue weighted by Crippen LogP contribution is 2.28. The Morgan fingerprint density at radius 1 is 1.33 bits per heavy atom. The molecule has 1 fully saturated rings. The third-order valence-electron chi connectivity index (χ3n) is 4.32. The van der Waals surface area contributed by atoms with Crippen LogP contribution in [0.3, 0.4) is 0 Å². The molecule has 0 saturated heterocycles. The molecular formula is C17H25NO3. The van der Waals surface area contributed by atoms with Gasteiger partial charge < -0.3 is 14.7 Å². The van der Waals surface area contributed by atoms with Gasteiger partial charge in [0.1, 0.15) is 0 Å². The van der Waals surface area contributed by atoms with Gasteiger partial charge in [0.15, 0.2) is 0 Å². The number of aliphatic hydroxyl groups excluding tert-OH is 1.